The number of Topliss-reactive ketones (excluding diaryl/α,β-unsaturated/α-hetero) is 1. The standard InChI is InChI=1S/C26H44N2O2.HI/c1-3-4-5-6-7-8-9-10-11-12-13-14-15-16-20-25(29)26(30)27-22-21-24-19-17-18-23-28(24)2;/h17-19,23H,3-16,20-22H2,1-2H3;1H. The third-order valence-corrected chi connectivity index (χ3v) is 5.84. The summed E-state index contributed by atoms with van der Waals surface area (Å²) in [6.07, 6.45) is 21.2. The molecular weight excluding hydrogens is 499 g/mol. The van der Waals surface area contributed by atoms with Gasteiger partial charge < -0.3 is 29.3 Å². The largest absolute Gasteiger partial charge is 1.00 e. The van der Waals surface area contributed by atoms with Crippen molar-refractivity contribution in [2.45, 2.75) is 110 Å². The number of carbonyl (C=O) groups is 2. The number of aryl methyl sites for hydroxylation is 1. The van der Waals surface area contributed by atoms with Gasteiger partial charge in [-0.05, 0) is 6.42 Å². The lowest BCUT2D eigenvalue weighted by molar-refractivity contribution is -0.679. The van der Waals surface area contributed by atoms with Gasteiger partial charge in [0.15, 0.2) is 11.9 Å². The van der Waals surface area contributed by atoms with E-state index in [-0.39, 0.29) is 29.8 Å². The predicted octanol–water partition coefficient (Wildman–Crippen LogP) is 2.61. The molecule has 0 saturated carbocycles. The van der Waals surface area contributed by atoms with Crippen molar-refractivity contribution in [3.05, 3.63) is 30.1 Å². The van der Waals surface area contributed by atoms with Crippen LogP contribution >= 0.6 is 0 Å². The minimum absolute atomic E-state index is 0. The van der Waals surface area contributed by atoms with Gasteiger partial charge in [-0.3, -0.25) is 9.59 Å². The van der Waals surface area contributed by atoms with E-state index in [2.05, 4.69) is 12.2 Å². The number of halogens is 1. The van der Waals surface area contributed by atoms with Gasteiger partial charge in [-0.25, -0.2) is 4.57 Å². The van der Waals surface area contributed by atoms with Gasteiger partial charge in [0.25, 0.3) is 5.91 Å². The Kier molecular flexibility index (Phi) is 20.2. The highest BCUT2D eigenvalue weighted by molar-refractivity contribution is 6.36. The first-order chi connectivity index (χ1) is 14.6. The van der Waals surface area contributed by atoms with Crippen LogP contribution in [0, 0.1) is 0 Å². The van der Waals surface area contributed by atoms with E-state index >= 15 is 0 Å². The first kappa shape index (κ1) is 30.0. The summed E-state index contributed by atoms with van der Waals surface area (Å²) in [7, 11) is 1.98. The number of rotatable bonds is 19. The molecule has 1 amide bonds. The van der Waals surface area contributed by atoms with E-state index in [1.165, 1.54) is 77.0 Å². The first-order valence-corrected chi connectivity index (χ1v) is 12.4. The van der Waals surface area contributed by atoms with Crippen molar-refractivity contribution >= 4 is 11.7 Å². The average Bonchev–Trinajstić information content (AvgIpc) is 2.75. The summed E-state index contributed by atoms with van der Waals surface area (Å²) >= 11 is 0. The van der Waals surface area contributed by atoms with Gasteiger partial charge in [0.05, 0.1) is 0 Å². The number of pyridine rings is 1. The molecule has 1 N–H and O–H groups in total. The maximum absolute atomic E-state index is 12.0. The zero-order valence-corrected chi connectivity index (χ0v) is 22.1. The number of hydrogen-bond acceptors (Lipinski definition) is 2. The molecular formula is C26H45IN2O2. The number of nitrogens with one attached hydrogen (secondary N) is 1. The molecule has 0 aromatic carbocycles. The summed E-state index contributed by atoms with van der Waals surface area (Å²) in [5.41, 5.74) is 1.14. The van der Waals surface area contributed by atoms with E-state index < -0.39 is 5.91 Å². The lowest BCUT2D eigenvalue weighted by atomic mass is 10.0. The first-order valence-electron chi connectivity index (χ1n) is 12.4. The summed E-state index contributed by atoms with van der Waals surface area (Å²) in [4.78, 5) is 23.9. The van der Waals surface area contributed by atoms with Crippen LogP contribution in [-0.2, 0) is 23.1 Å². The molecule has 1 aromatic rings. The SMILES string of the molecule is CCCCCCCCCCCCCCCCC(=O)C(=O)NCCc1cccc[n+]1C.[I-]. The minimum Gasteiger partial charge on any atom is -1.00 e. The Morgan fingerprint density at radius 2 is 1.32 bits per heavy atom. The smallest absolute Gasteiger partial charge is 0.287 e. The third-order valence-electron chi connectivity index (χ3n) is 5.84. The Hall–Kier alpha value is -0.980. The number of ketones is 1. The van der Waals surface area contributed by atoms with Crippen LogP contribution in [0.5, 0.6) is 0 Å². The molecule has 1 rings (SSSR count). The molecule has 31 heavy (non-hydrogen) atoms. The second-order valence-corrected chi connectivity index (χ2v) is 8.58. The molecule has 0 bridgehead atoms. The Balaban J connectivity index is 0.00000900. The number of amides is 1. The van der Waals surface area contributed by atoms with Crippen LogP contribution in [0.2, 0.25) is 0 Å². The summed E-state index contributed by atoms with van der Waals surface area (Å²) in [6, 6.07) is 5.99. The summed E-state index contributed by atoms with van der Waals surface area (Å²) in [5, 5.41) is 2.76. The van der Waals surface area contributed by atoms with Crippen LogP contribution < -0.4 is 33.9 Å². The van der Waals surface area contributed by atoms with E-state index in [4.69, 9.17) is 0 Å². The molecule has 1 heterocycles. The van der Waals surface area contributed by atoms with E-state index in [9.17, 15) is 9.59 Å². The van der Waals surface area contributed by atoms with Gasteiger partial charge in [0.1, 0.15) is 7.05 Å². The van der Waals surface area contributed by atoms with Crippen LogP contribution in [0.3, 0.4) is 0 Å². The molecule has 0 radical (unpaired) electrons. The number of unbranched alkanes of at least 4 members (excludes halogenated alkanes) is 13. The van der Waals surface area contributed by atoms with E-state index in [1.54, 1.807) is 0 Å². The molecule has 5 heteroatoms. The fraction of sp³-hybridized carbons (Fsp3) is 0.731. The van der Waals surface area contributed by atoms with Crippen molar-refractivity contribution in [2.24, 2.45) is 7.05 Å². The average molecular weight is 545 g/mol. The van der Waals surface area contributed by atoms with Crippen molar-refractivity contribution in [1.82, 2.24) is 5.32 Å². The van der Waals surface area contributed by atoms with Gasteiger partial charge in [-0.2, -0.15) is 0 Å². The Bertz CT molecular complexity index is 593. The van der Waals surface area contributed by atoms with Gasteiger partial charge in [-0.15, -0.1) is 0 Å². The second kappa shape index (κ2) is 20.9. The number of nitrogens with zero attached hydrogens (tertiary/aromatic N) is 1. The van der Waals surface area contributed by atoms with E-state index in [0.717, 1.165) is 25.0 Å². The van der Waals surface area contributed by atoms with Crippen molar-refractivity contribution in [1.29, 1.82) is 0 Å². The number of carbonyl (C=O) groups excluding carboxylic acids is 2. The van der Waals surface area contributed by atoms with Crippen molar-refractivity contribution < 1.29 is 38.1 Å². The lowest BCUT2D eigenvalue weighted by Crippen LogP contribution is -3.00. The van der Waals surface area contributed by atoms with Gasteiger partial charge in [0.2, 0.25) is 5.78 Å². The fourth-order valence-corrected chi connectivity index (χ4v) is 3.81. The second-order valence-electron chi connectivity index (χ2n) is 8.58. The summed E-state index contributed by atoms with van der Waals surface area (Å²) in [5.74, 6) is -0.699. The molecule has 4 nitrogen and oxygen atoms in total. The zero-order chi connectivity index (χ0) is 21.9. The molecule has 0 aliphatic rings. The van der Waals surface area contributed by atoms with E-state index in [0.29, 0.717) is 13.0 Å². The van der Waals surface area contributed by atoms with Gasteiger partial charge in [-0.1, -0.05) is 96.5 Å². The molecule has 0 spiro atoms. The van der Waals surface area contributed by atoms with Crippen LogP contribution in [0.1, 0.15) is 109 Å². The highest BCUT2D eigenvalue weighted by Gasteiger charge is 2.13. The van der Waals surface area contributed by atoms with E-state index in [1.807, 2.05) is 36.0 Å². The Morgan fingerprint density at radius 3 is 1.84 bits per heavy atom. The number of hydrogen-bond donors (Lipinski definition) is 1. The molecule has 0 aliphatic carbocycles. The van der Waals surface area contributed by atoms with Crippen LogP contribution in [0.15, 0.2) is 24.4 Å². The van der Waals surface area contributed by atoms with Crippen molar-refractivity contribution in [3.63, 3.8) is 0 Å². The van der Waals surface area contributed by atoms with Crippen molar-refractivity contribution in [3.8, 4) is 0 Å². The lowest BCUT2D eigenvalue weighted by Gasteiger charge is -2.05. The monoisotopic (exact) mass is 544 g/mol. The third kappa shape index (κ3) is 16.3. The van der Waals surface area contributed by atoms with Gasteiger partial charge >= 0.3 is 0 Å². The van der Waals surface area contributed by atoms with Crippen LogP contribution in [-0.4, -0.2) is 18.2 Å². The van der Waals surface area contributed by atoms with Gasteiger partial charge in [0, 0.05) is 31.5 Å². The van der Waals surface area contributed by atoms with Crippen LogP contribution in [0.25, 0.3) is 0 Å². The molecule has 0 atom stereocenters. The van der Waals surface area contributed by atoms with Crippen molar-refractivity contribution in [2.75, 3.05) is 6.54 Å². The Morgan fingerprint density at radius 1 is 0.806 bits per heavy atom. The fourth-order valence-electron chi connectivity index (χ4n) is 3.81. The summed E-state index contributed by atoms with van der Waals surface area (Å²) in [6.45, 7) is 2.77. The predicted molar refractivity (Wildman–Crippen MR) is 124 cm³/mol. The molecule has 0 unspecified atom stereocenters. The molecule has 0 fully saturated rings. The molecule has 1 aromatic heterocycles. The maximum Gasteiger partial charge on any atom is 0.287 e. The van der Waals surface area contributed by atoms with Crippen LogP contribution in [0.4, 0.5) is 0 Å². The topological polar surface area (TPSA) is 50.1 Å². The normalized spacial score (nSPS) is 10.5. The molecule has 0 aliphatic heterocycles. The molecule has 0 saturated heterocycles. The summed E-state index contributed by atoms with van der Waals surface area (Å²) < 4.78 is 2.03. The maximum atomic E-state index is 12.0. The molecule has 178 valence electrons. The highest BCUT2D eigenvalue weighted by atomic mass is 127. The zero-order valence-electron chi connectivity index (χ0n) is 20.0. The quantitative estimate of drug-likeness (QED) is 0.126. The minimum atomic E-state index is -0.428. The Labute approximate surface area is 208 Å². The number of aromatic nitrogens is 1. The highest BCUT2D eigenvalue weighted by Crippen LogP contribution is 2.13.